The third-order valence-electron chi connectivity index (χ3n) is 3.83. The average Bonchev–Trinajstić information content (AvgIpc) is 2.58. The van der Waals surface area contributed by atoms with Crippen molar-refractivity contribution in [1.29, 1.82) is 0 Å². The third-order valence-corrected chi connectivity index (χ3v) is 4.07. The van der Waals surface area contributed by atoms with Crippen LogP contribution < -0.4 is 5.73 Å². The first-order valence-electron chi connectivity index (χ1n) is 7.83. The Morgan fingerprint density at radius 3 is 2.42 bits per heavy atom. The number of rotatable bonds is 6. The van der Waals surface area contributed by atoms with Crippen LogP contribution in [0.2, 0.25) is 5.02 Å². The summed E-state index contributed by atoms with van der Waals surface area (Å²) < 4.78 is 5.13. The number of hydrogen-bond donors (Lipinski definition) is 1. The highest BCUT2D eigenvalue weighted by Crippen LogP contribution is 2.19. The zero-order valence-corrected chi connectivity index (χ0v) is 14.5. The van der Waals surface area contributed by atoms with Crippen LogP contribution in [0.3, 0.4) is 0 Å². The number of Topliss-reactive ketones (excluding diaryl/α,β-unsaturated/α-hetero) is 1. The van der Waals surface area contributed by atoms with E-state index in [4.69, 9.17) is 22.1 Å². The van der Waals surface area contributed by atoms with E-state index >= 15 is 0 Å². The van der Waals surface area contributed by atoms with Crippen molar-refractivity contribution in [3.63, 3.8) is 0 Å². The number of nitrogens with two attached hydrogens (primary N) is 1. The normalized spacial score (nSPS) is 10.5. The topological polar surface area (TPSA) is 69.4 Å². The number of anilines is 1. The number of benzene rings is 2. The molecular weight excluding hydrogens is 326 g/mol. The molecule has 126 valence electrons. The van der Waals surface area contributed by atoms with Crippen LogP contribution in [-0.4, -0.2) is 18.4 Å². The minimum absolute atomic E-state index is 0.199. The highest BCUT2D eigenvalue weighted by molar-refractivity contribution is 6.31. The third kappa shape index (κ3) is 4.15. The second-order valence-electron chi connectivity index (χ2n) is 5.43. The van der Waals surface area contributed by atoms with Crippen molar-refractivity contribution >= 4 is 29.0 Å². The number of esters is 1. The van der Waals surface area contributed by atoms with Gasteiger partial charge in [0.1, 0.15) is 0 Å². The molecule has 0 heterocycles. The lowest BCUT2D eigenvalue weighted by molar-refractivity contribution is 0.0475. The molecule has 0 fully saturated rings. The number of ether oxygens (including phenoxy) is 1. The summed E-state index contributed by atoms with van der Waals surface area (Å²) in [5.74, 6) is -0.856. The maximum atomic E-state index is 12.4. The molecule has 2 aromatic rings. The zero-order valence-electron chi connectivity index (χ0n) is 13.8. The molecule has 24 heavy (non-hydrogen) atoms. The fraction of sp³-hybridized carbons (Fsp3) is 0.263. The molecule has 0 spiro atoms. The minimum atomic E-state index is -0.637. The van der Waals surface area contributed by atoms with E-state index in [9.17, 15) is 9.59 Å². The Hall–Kier alpha value is -2.33. The lowest BCUT2D eigenvalue weighted by atomic mass is 9.98. The fourth-order valence-corrected chi connectivity index (χ4v) is 2.60. The predicted octanol–water partition coefficient (Wildman–Crippen LogP) is 4.09. The quantitative estimate of drug-likeness (QED) is 0.486. The summed E-state index contributed by atoms with van der Waals surface area (Å²) in [5.41, 5.74) is 8.80. The summed E-state index contributed by atoms with van der Waals surface area (Å²) in [4.78, 5) is 24.5. The Bertz CT molecular complexity index is 771. The molecule has 0 aromatic heterocycles. The summed E-state index contributed by atoms with van der Waals surface area (Å²) in [7, 11) is 0. The summed E-state index contributed by atoms with van der Waals surface area (Å²) in [5, 5.41) is 0.434. The maximum Gasteiger partial charge on any atom is 0.340 e. The van der Waals surface area contributed by atoms with Crippen LogP contribution in [0.5, 0.6) is 0 Å². The zero-order chi connectivity index (χ0) is 17.7. The van der Waals surface area contributed by atoms with Crippen LogP contribution in [0, 0.1) is 0 Å². The lowest BCUT2D eigenvalue weighted by Crippen LogP contribution is -2.16. The van der Waals surface area contributed by atoms with E-state index in [-0.39, 0.29) is 23.6 Å². The van der Waals surface area contributed by atoms with Crippen molar-refractivity contribution in [2.75, 3.05) is 12.3 Å². The predicted molar refractivity (Wildman–Crippen MR) is 95.7 cm³/mol. The van der Waals surface area contributed by atoms with Gasteiger partial charge < -0.3 is 10.5 Å². The van der Waals surface area contributed by atoms with Gasteiger partial charge in [-0.05, 0) is 48.2 Å². The van der Waals surface area contributed by atoms with Crippen LogP contribution >= 0.6 is 11.6 Å². The van der Waals surface area contributed by atoms with Gasteiger partial charge in [-0.25, -0.2) is 4.79 Å². The SMILES string of the molecule is CCc1ccc(CC)c(C(=O)COC(=O)c2ccc(Cl)cc2N)c1. The lowest BCUT2D eigenvalue weighted by Gasteiger charge is -2.10. The Morgan fingerprint density at radius 1 is 1.04 bits per heavy atom. The van der Waals surface area contributed by atoms with Gasteiger partial charge in [0.25, 0.3) is 0 Å². The Kier molecular flexibility index (Phi) is 5.99. The van der Waals surface area contributed by atoms with Crippen LogP contribution in [0.4, 0.5) is 5.69 Å². The number of halogens is 1. The second-order valence-corrected chi connectivity index (χ2v) is 5.87. The van der Waals surface area contributed by atoms with Gasteiger partial charge in [0.2, 0.25) is 5.78 Å². The van der Waals surface area contributed by atoms with Gasteiger partial charge >= 0.3 is 5.97 Å². The molecule has 2 aromatic carbocycles. The van der Waals surface area contributed by atoms with E-state index in [0.717, 1.165) is 24.0 Å². The second kappa shape index (κ2) is 7.97. The molecule has 0 bridgehead atoms. The number of aryl methyl sites for hydroxylation is 2. The van der Waals surface area contributed by atoms with E-state index in [2.05, 4.69) is 0 Å². The van der Waals surface area contributed by atoms with E-state index in [1.807, 2.05) is 32.0 Å². The molecule has 0 unspecified atom stereocenters. The minimum Gasteiger partial charge on any atom is -0.454 e. The molecule has 0 radical (unpaired) electrons. The number of nitrogen functional groups attached to an aromatic ring is 1. The molecule has 0 saturated carbocycles. The van der Waals surface area contributed by atoms with Crippen molar-refractivity contribution in [2.45, 2.75) is 26.7 Å². The number of carbonyl (C=O) groups is 2. The first-order valence-corrected chi connectivity index (χ1v) is 8.21. The highest BCUT2D eigenvalue weighted by Gasteiger charge is 2.16. The molecule has 0 aliphatic heterocycles. The van der Waals surface area contributed by atoms with Gasteiger partial charge in [0.05, 0.1) is 5.56 Å². The molecule has 0 aliphatic carbocycles. The van der Waals surface area contributed by atoms with E-state index < -0.39 is 5.97 Å². The van der Waals surface area contributed by atoms with Crippen molar-refractivity contribution in [3.8, 4) is 0 Å². The summed E-state index contributed by atoms with van der Waals surface area (Å²) in [6, 6.07) is 10.3. The van der Waals surface area contributed by atoms with Gasteiger partial charge in [-0.1, -0.05) is 37.6 Å². The highest BCUT2D eigenvalue weighted by atomic mass is 35.5. The summed E-state index contributed by atoms with van der Waals surface area (Å²) >= 11 is 5.80. The molecular formula is C19H20ClNO3. The molecule has 2 N–H and O–H groups in total. The van der Waals surface area contributed by atoms with E-state index in [1.54, 1.807) is 6.07 Å². The monoisotopic (exact) mass is 345 g/mol. The smallest absolute Gasteiger partial charge is 0.340 e. The average molecular weight is 346 g/mol. The summed E-state index contributed by atoms with van der Waals surface area (Å²) in [6.45, 7) is 3.69. The Morgan fingerprint density at radius 2 is 1.79 bits per heavy atom. The fourth-order valence-electron chi connectivity index (χ4n) is 2.42. The Labute approximate surface area is 146 Å². The van der Waals surface area contributed by atoms with Crippen LogP contribution in [0.15, 0.2) is 36.4 Å². The largest absolute Gasteiger partial charge is 0.454 e. The molecule has 0 atom stereocenters. The first-order chi connectivity index (χ1) is 11.5. The standard InChI is InChI=1S/C19H20ClNO3/c1-3-12-5-6-13(4-2)16(9-12)18(22)11-24-19(23)15-8-7-14(20)10-17(15)21/h5-10H,3-4,11,21H2,1-2H3. The number of carbonyl (C=O) groups excluding carboxylic acids is 2. The maximum absolute atomic E-state index is 12.4. The number of ketones is 1. The molecule has 5 heteroatoms. The van der Waals surface area contributed by atoms with Crippen molar-refractivity contribution < 1.29 is 14.3 Å². The molecule has 0 amide bonds. The van der Waals surface area contributed by atoms with Gasteiger partial charge in [-0.15, -0.1) is 0 Å². The molecule has 4 nitrogen and oxygen atoms in total. The number of hydrogen-bond acceptors (Lipinski definition) is 4. The molecule has 0 aliphatic rings. The van der Waals surface area contributed by atoms with Crippen LogP contribution in [0.1, 0.15) is 45.7 Å². The van der Waals surface area contributed by atoms with Crippen molar-refractivity contribution in [1.82, 2.24) is 0 Å². The van der Waals surface area contributed by atoms with Crippen molar-refractivity contribution in [2.24, 2.45) is 0 Å². The van der Waals surface area contributed by atoms with Gasteiger partial charge in [0.15, 0.2) is 6.61 Å². The van der Waals surface area contributed by atoms with Gasteiger partial charge in [-0.2, -0.15) is 0 Å². The first kappa shape index (κ1) is 18.0. The van der Waals surface area contributed by atoms with Gasteiger partial charge in [-0.3, -0.25) is 4.79 Å². The summed E-state index contributed by atoms with van der Waals surface area (Å²) in [6.07, 6.45) is 1.58. The van der Waals surface area contributed by atoms with Crippen molar-refractivity contribution in [3.05, 3.63) is 63.7 Å². The Balaban J connectivity index is 2.11. The molecule has 2 rings (SSSR count). The molecule has 0 saturated heterocycles. The van der Waals surface area contributed by atoms with Gasteiger partial charge in [0, 0.05) is 16.3 Å². The van der Waals surface area contributed by atoms with Crippen LogP contribution in [0.25, 0.3) is 0 Å². The van der Waals surface area contributed by atoms with E-state index in [0.29, 0.717) is 10.6 Å². The van der Waals surface area contributed by atoms with E-state index in [1.165, 1.54) is 12.1 Å². The van der Waals surface area contributed by atoms with Crippen LogP contribution in [-0.2, 0) is 17.6 Å².